The van der Waals surface area contributed by atoms with E-state index in [1.165, 1.54) is 11.3 Å². The maximum atomic E-state index is 13.2. The SMILES string of the molecule is COc1ccc(OC)c2sc(N(CCN(C)C)C(=O)c3ccnn3C)nc12.Cl. The molecule has 10 heteroatoms. The summed E-state index contributed by atoms with van der Waals surface area (Å²) < 4.78 is 13.3. The number of hydrogen-bond acceptors (Lipinski definition) is 7. The van der Waals surface area contributed by atoms with Gasteiger partial charge in [-0.2, -0.15) is 5.10 Å². The molecule has 0 atom stereocenters. The molecule has 2 heterocycles. The zero-order valence-corrected chi connectivity index (χ0v) is 18.1. The quantitative estimate of drug-likeness (QED) is 0.579. The van der Waals surface area contributed by atoms with E-state index in [1.807, 2.05) is 31.1 Å². The molecule has 0 spiro atoms. The van der Waals surface area contributed by atoms with Crippen LogP contribution in [0, 0.1) is 0 Å². The summed E-state index contributed by atoms with van der Waals surface area (Å²) in [5.41, 5.74) is 1.19. The maximum absolute atomic E-state index is 13.2. The van der Waals surface area contributed by atoms with Crippen molar-refractivity contribution in [3.63, 3.8) is 0 Å². The summed E-state index contributed by atoms with van der Waals surface area (Å²) in [6.07, 6.45) is 1.61. The lowest BCUT2D eigenvalue weighted by molar-refractivity contribution is 0.0976. The van der Waals surface area contributed by atoms with Crippen LogP contribution in [0.25, 0.3) is 10.2 Å². The highest BCUT2D eigenvalue weighted by Gasteiger charge is 2.25. The number of carbonyl (C=O) groups is 1. The van der Waals surface area contributed by atoms with Crippen LogP contribution in [-0.4, -0.2) is 67.0 Å². The molecule has 0 radical (unpaired) electrons. The smallest absolute Gasteiger partial charge is 0.278 e. The van der Waals surface area contributed by atoms with Crippen molar-refractivity contribution in [2.24, 2.45) is 7.05 Å². The summed E-state index contributed by atoms with van der Waals surface area (Å²) in [5, 5.41) is 4.71. The average molecular weight is 426 g/mol. The van der Waals surface area contributed by atoms with Gasteiger partial charge in [0.15, 0.2) is 5.13 Å². The number of methoxy groups -OCH3 is 2. The number of aryl methyl sites for hydroxylation is 1. The fourth-order valence-electron chi connectivity index (χ4n) is 2.70. The lowest BCUT2D eigenvalue weighted by Gasteiger charge is -2.21. The monoisotopic (exact) mass is 425 g/mol. The van der Waals surface area contributed by atoms with Crippen LogP contribution in [0.4, 0.5) is 5.13 Å². The normalized spacial score (nSPS) is 10.8. The van der Waals surface area contributed by atoms with Crippen LogP contribution in [0.1, 0.15) is 10.5 Å². The molecule has 0 saturated carbocycles. The molecule has 3 rings (SSSR count). The summed E-state index contributed by atoms with van der Waals surface area (Å²) in [6, 6.07) is 5.37. The molecule has 1 aromatic carbocycles. The van der Waals surface area contributed by atoms with E-state index in [0.29, 0.717) is 40.9 Å². The molecule has 0 bridgehead atoms. The first-order chi connectivity index (χ1) is 13.0. The largest absolute Gasteiger partial charge is 0.495 e. The summed E-state index contributed by atoms with van der Waals surface area (Å²) in [6.45, 7) is 1.20. The van der Waals surface area contributed by atoms with Gasteiger partial charge < -0.3 is 14.4 Å². The lowest BCUT2D eigenvalue weighted by atomic mass is 10.3. The Bertz CT molecular complexity index is 915. The molecule has 0 aliphatic rings. The number of thiazole rings is 1. The molecule has 2 aromatic heterocycles. The van der Waals surface area contributed by atoms with Crippen LogP contribution >= 0.6 is 23.7 Å². The van der Waals surface area contributed by atoms with E-state index in [1.54, 1.807) is 43.1 Å². The zero-order valence-electron chi connectivity index (χ0n) is 16.5. The van der Waals surface area contributed by atoms with E-state index < -0.39 is 0 Å². The molecule has 0 N–H and O–H groups in total. The average Bonchev–Trinajstić information content (AvgIpc) is 3.27. The van der Waals surface area contributed by atoms with Gasteiger partial charge in [0.1, 0.15) is 27.4 Å². The Morgan fingerprint density at radius 2 is 1.82 bits per heavy atom. The van der Waals surface area contributed by atoms with Crippen molar-refractivity contribution >= 4 is 45.0 Å². The van der Waals surface area contributed by atoms with E-state index in [2.05, 4.69) is 5.10 Å². The third-order valence-corrected chi connectivity index (χ3v) is 5.28. The molecule has 0 aliphatic carbocycles. The molecule has 0 unspecified atom stereocenters. The number of hydrogen-bond donors (Lipinski definition) is 0. The number of fused-ring (bicyclic) bond motifs is 1. The number of rotatable bonds is 7. The Kier molecular flexibility index (Phi) is 7.22. The van der Waals surface area contributed by atoms with E-state index in [0.717, 1.165) is 4.70 Å². The van der Waals surface area contributed by atoms with Crippen molar-refractivity contribution in [3.8, 4) is 11.5 Å². The Labute approximate surface area is 174 Å². The van der Waals surface area contributed by atoms with Gasteiger partial charge in [-0.25, -0.2) is 4.98 Å². The summed E-state index contributed by atoms with van der Waals surface area (Å²) in [4.78, 5) is 21.6. The van der Waals surface area contributed by atoms with Gasteiger partial charge in [0.05, 0.1) is 14.2 Å². The van der Waals surface area contributed by atoms with E-state index in [-0.39, 0.29) is 18.3 Å². The molecule has 28 heavy (non-hydrogen) atoms. The van der Waals surface area contributed by atoms with Crippen molar-refractivity contribution in [1.29, 1.82) is 0 Å². The topological polar surface area (TPSA) is 72.7 Å². The molecular formula is C18H24ClN5O3S. The second-order valence-corrected chi connectivity index (χ2v) is 7.22. The molecule has 0 aliphatic heterocycles. The highest BCUT2D eigenvalue weighted by atomic mass is 35.5. The number of anilines is 1. The van der Waals surface area contributed by atoms with Gasteiger partial charge in [-0.1, -0.05) is 11.3 Å². The van der Waals surface area contributed by atoms with E-state index in [9.17, 15) is 4.79 Å². The first-order valence-corrected chi connectivity index (χ1v) is 9.24. The lowest BCUT2D eigenvalue weighted by Crippen LogP contribution is -2.37. The predicted octanol–water partition coefficient (Wildman–Crippen LogP) is 2.68. The van der Waals surface area contributed by atoms with Crippen LogP contribution in [0.2, 0.25) is 0 Å². The van der Waals surface area contributed by atoms with Gasteiger partial charge in [-0.3, -0.25) is 14.4 Å². The van der Waals surface area contributed by atoms with Crippen molar-refractivity contribution < 1.29 is 14.3 Å². The Morgan fingerprint density at radius 3 is 2.39 bits per heavy atom. The fourth-order valence-corrected chi connectivity index (χ4v) is 3.79. The predicted molar refractivity (Wildman–Crippen MR) is 113 cm³/mol. The van der Waals surface area contributed by atoms with Crippen LogP contribution < -0.4 is 14.4 Å². The molecule has 3 aromatic rings. The maximum Gasteiger partial charge on any atom is 0.278 e. The van der Waals surface area contributed by atoms with Crippen molar-refractivity contribution in [2.45, 2.75) is 0 Å². The van der Waals surface area contributed by atoms with Crippen LogP contribution in [-0.2, 0) is 7.05 Å². The van der Waals surface area contributed by atoms with Crippen LogP contribution in [0.5, 0.6) is 11.5 Å². The van der Waals surface area contributed by atoms with Crippen LogP contribution in [0.3, 0.4) is 0 Å². The van der Waals surface area contributed by atoms with Crippen molar-refractivity contribution in [1.82, 2.24) is 19.7 Å². The van der Waals surface area contributed by atoms with Crippen LogP contribution in [0.15, 0.2) is 24.4 Å². The summed E-state index contributed by atoms with van der Waals surface area (Å²) in [7, 11) is 8.91. The number of nitrogens with zero attached hydrogens (tertiary/aromatic N) is 5. The minimum atomic E-state index is -0.145. The van der Waals surface area contributed by atoms with Crippen molar-refractivity contribution in [3.05, 3.63) is 30.1 Å². The number of aromatic nitrogens is 3. The first-order valence-electron chi connectivity index (χ1n) is 8.42. The number of benzene rings is 1. The Balaban J connectivity index is 0.00000280. The minimum absolute atomic E-state index is 0. The third kappa shape index (κ3) is 4.21. The fraction of sp³-hybridized carbons (Fsp3) is 0.389. The first kappa shape index (κ1) is 21.9. The van der Waals surface area contributed by atoms with Gasteiger partial charge in [-0.05, 0) is 32.3 Å². The Hall–Kier alpha value is -2.36. The van der Waals surface area contributed by atoms with Gasteiger partial charge >= 0.3 is 0 Å². The number of likely N-dealkylation sites (N-methyl/N-ethyl adjacent to an activating group) is 1. The number of amides is 1. The van der Waals surface area contributed by atoms with E-state index >= 15 is 0 Å². The molecule has 0 fully saturated rings. The Morgan fingerprint density at radius 1 is 1.14 bits per heavy atom. The highest BCUT2D eigenvalue weighted by Crippen LogP contribution is 2.40. The summed E-state index contributed by atoms with van der Waals surface area (Å²) >= 11 is 1.41. The molecular weight excluding hydrogens is 402 g/mol. The van der Waals surface area contributed by atoms with Gasteiger partial charge in [-0.15, -0.1) is 12.4 Å². The molecule has 8 nitrogen and oxygen atoms in total. The van der Waals surface area contributed by atoms with Gasteiger partial charge in [0.2, 0.25) is 0 Å². The number of halogens is 1. The van der Waals surface area contributed by atoms with Crippen molar-refractivity contribution in [2.75, 3.05) is 46.3 Å². The summed E-state index contributed by atoms with van der Waals surface area (Å²) in [5.74, 6) is 1.21. The number of ether oxygens (including phenoxy) is 2. The van der Waals surface area contributed by atoms with E-state index in [4.69, 9.17) is 14.5 Å². The minimum Gasteiger partial charge on any atom is -0.495 e. The second-order valence-electron chi connectivity index (χ2n) is 6.24. The highest BCUT2D eigenvalue weighted by molar-refractivity contribution is 7.22. The molecule has 152 valence electrons. The molecule has 1 amide bonds. The third-order valence-electron chi connectivity index (χ3n) is 4.19. The number of carbonyl (C=O) groups excluding carboxylic acids is 1. The van der Waals surface area contributed by atoms with Gasteiger partial charge in [0.25, 0.3) is 5.91 Å². The zero-order chi connectivity index (χ0) is 19.6. The second kappa shape index (κ2) is 9.22. The van der Waals surface area contributed by atoms with Gasteiger partial charge in [0, 0.05) is 26.3 Å². The standard InChI is InChI=1S/C18H23N5O3S.ClH/c1-21(2)10-11-23(17(24)12-8-9-19-22(12)3)18-20-15-13(25-4)6-7-14(26-5)16(15)27-18;/h6-9H,10-11H2,1-5H3;1H. The molecule has 0 saturated heterocycles.